The van der Waals surface area contributed by atoms with Gasteiger partial charge in [0.25, 0.3) is 5.69 Å². The van der Waals surface area contributed by atoms with Gasteiger partial charge in [-0.2, -0.15) is 0 Å². The maximum absolute atomic E-state index is 11.4. The van der Waals surface area contributed by atoms with Gasteiger partial charge in [-0.1, -0.05) is 18.2 Å². The monoisotopic (exact) mass is 322 g/mol. The van der Waals surface area contributed by atoms with Crippen LogP contribution in [0.5, 0.6) is 5.88 Å². The van der Waals surface area contributed by atoms with E-state index in [1.807, 2.05) is 0 Å². The minimum absolute atomic E-state index is 0.112. The van der Waals surface area contributed by atoms with Crippen molar-refractivity contribution >= 4 is 33.2 Å². The highest BCUT2D eigenvalue weighted by Crippen LogP contribution is 2.44. The number of H-pyrrole nitrogens is 2. The molecule has 4 aromatic rings. The molecular weight excluding hydrogens is 312 g/mol. The average Bonchev–Trinajstić information content (AvgIpc) is 3.09. The van der Waals surface area contributed by atoms with Gasteiger partial charge in [-0.05, 0) is 17.3 Å². The summed E-state index contributed by atoms with van der Waals surface area (Å²) in [7, 11) is 0. The van der Waals surface area contributed by atoms with Crippen LogP contribution >= 0.6 is 0 Å². The lowest BCUT2D eigenvalue weighted by Gasteiger charge is -1.99. The number of aromatic nitrogens is 2. The van der Waals surface area contributed by atoms with Crippen molar-refractivity contribution in [3.05, 3.63) is 57.5 Å². The van der Waals surface area contributed by atoms with E-state index in [1.54, 1.807) is 24.3 Å². The van der Waals surface area contributed by atoms with E-state index in [-0.39, 0.29) is 22.8 Å². The largest absolute Gasteiger partial charge is 0.494 e. The molecule has 0 aliphatic heterocycles. The fourth-order valence-electron chi connectivity index (χ4n) is 2.94. The second-order valence-corrected chi connectivity index (χ2v) is 5.32. The third-order valence-corrected chi connectivity index (χ3v) is 3.99. The predicted octanol–water partition coefficient (Wildman–Crippen LogP) is 4.33. The van der Waals surface area contributed by atoms with Gasteiger partial charge in [-0.25, -0.2) is 0 Å². The lowest BCUT2D eigenvalue weighted by Crippen LogP contribution is -1.87. The summed E-state index contributed by atoms with van der Waals surface area (Å²) in [4.78, 5) is 27.7. The first kappa shape index (κ1) is 13.9. The summed E-state index contributed by atoms with van der Waals surface area (Å²) >= 11 is 0. The van der Waals surface area contributed by atoms with Crippen LogP contribution in [0.15, 0.2) is 47.6 Å². The minimum Gasteiger partial charge on any atom is -0.494 e. The van der Waals surface area contributed by atoms with Crippen molar-refractivity contribution < 1.29 is 10.0 Å². The predicted molar refractivity (Wildman–Crippen MR) is 89.4 cm³/mol. The maximum atomic E-state index is 11.4. The molecule has 0 amide bonds. The highest BCUT2D eigenvalue weighted by atomic mass is 16.6. The first-order valence-corrected chi connectivity index (χ1v) is 7.03. The molecule has 2 aromatic carbocycles. The maximum Gasteiger partial charge on any atom is 0.270 e. The summed E-state index contributed by atoms with van der Waals surface area (Å²) in [6.45, 7) is 0. The number of nitroso groups, excluding NO2 is 1. The van der Waals surface area contributed by atoms with Crippen molar-refractivity contribution in [1.82, 2.24) is 9.97 Å². The van der Waals surface area contributed by atoms with Gasteiger partial charge in [0.2, 0.25) is 0 Å². The molecule has 0 aliphatic carbocycles. The molecule has 8 nitrogen and oxygen atoms in total. The highest BCUT2D eigenvalue weighted by Gasteiger charge is 2.22. The Morgan fingerprint density at radius 1 is 1.04 bits per heavy atom. The molecule has 2 aromatic heterocycles. The lowest BCUT2D eigenvalue weighted by molar-refractivity contribution is -0.384. The van der Waals surface area contributed by atoms with Crippen molar-refractivity contribution in [3.8, 4) is 17.1 Å². The number of para-hydroxylation sites is 1. The number of rotatable bonds is 3. The number of nitrogens with zero attached hydrogens (tertiary/aromatic N) is 2. The number of non-ortho nitro benzene ring substituents is 1. The van der Waals surface area contributed by atoms with E-state index >= 15 is 0 Å². The Labute approximate surface area is 133 Å². The third-order valence-electron chi connectivity index (χ3n) is 3.99. The number of aromatic hydroxyl groups is 1. The Balaban J connectivity index is 2.09. The lowest BCUT2D eigenvalue weighted by atomic mass is 10.1. The Morgan fingerprint density at radius 3 is 2.54 bits per heavy atom. The summed E-state index contributed by atoms with van der Waals surface area (Å²) in [5, 5.41) is 25.4. The number of hydrogen-bond donors (Lipinski definition) is 3. The summed E-state index contributed by atoms with van der Waals surface area (Å²) in [6.07, 6.45) is 0. The number of nitro groups is 1. The fraction of sp³-hybridized carbons (Fsp3) is 0. The SMILES string of the molecule is O=Nc1c(-c2c(O)[nH]c3ccc([N+](=O)[O-])cc23)[nH]c2ccccc12. The van der Waals surface area contributed by atoms with Crippen molar-refractivity contribution in [1.29, 1.82) is 0 Å². The molecule has 0 spiro atoms. The van der Waals surface area contributed by atoms with Crippen LogP contribution < -0.4 is 0 Å². The molecular formula is C16H10N4O4. The molecule has 3 N–H and O–H groups in total. The second-order valence-electron chi connectivity index (χ2n) is 5.32. The first-order valence-electron chi connectivity index (χ1n) is 7.03. The van der Waals surface area contributed by atoms with Crippen molar-refractivity contribution in [2.24, 2.45) is 5.18 Å². The molecule has 0 unspecified atom stereocenters. The van der Waals surface area contributed by atoms with Crippen molar-refractivity contribution in [2.75, 3.05) is 0 Å². The van der Waals surface area contributed by atoms with Crippen LogP contribution in [0.1, 0.15) is 0 Å². The normalized spacial score (nSPS) is 11.2. The van der Waals surface area contributed by atoms with Gasteiger partial charge in [0.05, 0.1) is 16.2 Å². The van der Waals surface area contributed by atoms with Gasteiger partial charge in [-0.15, -0.1) is 4.91 Å². The van der Waals surface area contributed by atoms with Crippen LogP contribution in [0.25, 0.3) is 33.1 Å². The zero-order valence-corrected chi connectivity index (χ0v) is 12.1. The van der Waals surface area contributed by atoms with Crippen LogP contribution in [0, 0.1) is 15.0 Å². The highest BCUT2D eigenvalue weighted by molar-refractivity contribution is 6.07. The van der Waals surface area contributed by atoms with Crippen molar-refractivity contribution in [3.63, 3.8) is 0 Å². The molecule has 0 bridgehead atoms. The number of aromatic amines is 2. The second kappa shape index (κ2) is 4.92. The number of nitrogens with one attached hydrogen (secondary N) is 2. The van der Waals surface area contributed by atoms with E-state index in [0.29, 0.717) is 27.5 Å². The Kier molecular flexibility index (Phi) is 2.86. The molecule has 8 heteroatoms. The number of nitro benzene ring substituents is 1. The topological polar surface area (TPSA) is 124 Å². The molecule has 0 saturated carbocycles. The molecule has 118 valence electrons. The average molecular weight is 322 g/mol. The molecule has 4 rings (SSSR count). The van der Waals surface area contributed by atoms with Crippen LogP contribution in [-0.4, -0.2) is 20.0 Å². The van der Waals surface area contributed by atoms with E-state index in [4.69, 9.17) is 0 Å². The van der Waals surface area contributed by atoms with Crippen molar-refractivity contribution in [2.45, 2.75) is 0 Å². The quantitative estimate of drug-likeness (QED) is 0.295. The molecule has 0 radical (unpaired) electrons. The zero-order chi connectivity index (χ0) is 16.8. The Bertz CT molecular complexity index is 1130. The number of fused-ring (bicyclic) bond motifs is 2. The van der Waals surface area contributed by atoms with Crippen LogP contribution in [-0.2, 0) is 0 Å². The summed E-state index contributed by atoms with van der Waals surface area (Å²) < 4.78 is 0. The minimum atomic E-state index is -0.517. The van der Waals surface area contributed by atoms with Gasteiger partial charge in [0.1, 0.15) is 5.69 Å². The number of hydrogen-bond acceptors (Lipinski definition) is 5. The molecule has 0 aliphatic rings. The van der Waals surface area contributed by atoms with E-state index in [1.165, 1.54) is 18.2 Å². The Hall–Kier alpha value is -3.68. The fourth-order valence-corrected chi connectivity index (χ4v) is 2.94. The molecule has 2 heterocycles. The van der Waals surface area contributed by atoms with E-state index in [9.17, 15) is 20.1 Å². The van der Waals surface area contributed by atoms with E-state index in [2.05, 4.69) is 15.1 Å². The van der Waals surface area contributed by atoms with E-state index < -0.39 is 4.92 Å². The van der Waals surface area contributed by atoms with Crippen LogP contribution in [0.2, 0.25) is 0 Å². The summed E-state index contributed by atoms with van der Waals surface area (Å²) in [5.41, 5.74) is 1.83. The van der Waals surface area contributed by atoms with Gasteiger partial charge >= 0.3 is 0 Å². The molecule has 24 heavy (non-hydrogen) atoms. The first-order chi connectivity index (χ1) is 11.6. The van der Waals surface area contributed by atoms with Crippen LogP contribution in [0.4, 0.5) is 11.4 Å². The molecule has 0 atom stereocenters. The molecule has 0 saturated heterocycles. The number of benzene rings is 2. The Morgan fingerprint density at radius 2 is 1.79 bits per heavy atom. The van der Waals surface area contributed by atoms with Gasteiger partial charge < -0.3 is 15.1 Å². The van der Waals surface area contributed by atoms with E-state index in [0.717, 1.165) is 0 Å². The standard InChI is InChI=1S/C16H10N4O4/c21-16-13(10-7-8(20(23)24)5-6-12(10)18-16)15-14(19-22)9-3-1-2-4-11(9)17-15/h1-7,17-18,21H. The third kappa shape index (κ3) is 1.86. The molecule has 0 fully saturated rings. The van der Waals surface area contributed by atoms with Crippen LogP contribution in [0.3, 0.4) is 0 Å². The summed E-state index contributed by atoms with van der Waals surface area (Å²) in [5.74, 6) is -0.193. The van der Waals surface area contributed by atoms with Gasteiger partial charge in [-0.3, -0.25) is 10.1 Å². The van der Waals surface area contributed by atoms with Gasteiger partial charge in [0.15, 0.2) is 5.88 Å². The zero-order valence-electron chi connectivity index (χ0n) is 12.1. The van der Waals surface area contributed by atoms with Gasteiger partial charge in [0, 0.05) is 33.9 Å². The summed E-state index contributed by atoms with van der Waals surface area (Å²) in [6, 6.07) is 11.3. The smallest absolute Gasteiger partial charge is 0.270 e.